The van der Waals surface area contributed by atoms with Gasteiger partial charge in [-0.3, -0.25) is 0 Å². The van der Waals surface area contributed by atoms with Crippen molar-refractivity contribution in [2.75, 3.05) is 14.1 Å². The predicted molar refractivity (Wildman–Crippen MR) is 88.5 cm³/mol. The summed E-state index contributed by atoms with van der Waals surface area (Å²) in [6.45, 7) is 8.09. The lowest BCUT2D eigenvalue weighted by molar-refractivity contribution is 0.0405. The highest BCUT2D eigenvalue weighted by atomic mass is 15.2. The van der Waals surface area contributed by atoms with Crippen molar-refractivity contribution in [2.45, 2.75) is 71.0 Å². The summed E-state index contributed by atoms with van der Waals surface area (Å²) in [5.74, 6) is 0. The van der Waals surface area contributed by atoms with Crippen molar-refractivity contribution in [1.82, 2.24) is 9.47 Å². The van der Waals surface area contributed by atoms with Crippen LogP contribution in [-0.2, 0) is 13.0 Å². The molecular formula is C18H31N3. The molecule has 3 rings (SSSR count). The Bertz CT molecular complexity index is 535. The van der Waals surface area contributed by atoms with Crippen LogP contribution in [0.4, 0.5) is 0 Å². The highest BCUT2D eigenvalue weighted by Gasteiger charge is 2.41. The van der Waals surface area contributed by atoms with Crippen LogP contribution in [0.15, 0.2) is 6.07 Å². The number of hydrogen-bond donors (Lipinski definition) is 1. The Morgan fingerprint density at radius 3 is 2.52 bits per heavy atom. The Hall–Kier alpha value is -0.800. The average Bonchev–Trinajstić information content (AvgIpc) is 2.59. The third kappa shape index (κ3) is 2.44. The molecule has 0 saturated heterocycles. The largest absolute Gasteiger partial charge is 0.347 e. The van der Waals surface area contributed by atoms with E-state index in [9.17, 15) is 0 Å². The number of aromatic nitrogens is 1. The Morgan fingerprint density at radius 1 is 1.33 bits per heavy atom. The van der Waals surface area contributed by atoms with Crippen molar-refractivity contribution in [3.63, 3.8) is 0 Å². The molecule has 0 amide bonds. The second-order valence-electron chi connectivity index (χ2n) is 8.40. The molecule has 1 fully saturated rings. The molecule has 0 radical (unpaired) electrons. The SMILES string of the molecule is Cc1cc2c(n1CC1(N(C)C)CCC1)CC(C)(C)CC2N. The molecule has 3 heteroatoms. The quantitative estimate of drug-likeness (QED) is 0.927. The fraction of sp³-hybridized carbons (Fsp3) is 0.778. The van der Waals surface area contributed by atoms with Gasteiger partial charge in [-0.05, 0) is 70.2 Å². The third-order valence-electron chi connectivity index (χ3n) is 5.95. The van der Waals surface area contributed by atoms with Crippen LogP contribution < -0.4 is 5.73 Å². The summed E-state index contributed by atoms with van der Waals surface area (Å²) in [7, 11) is 4.47. The molecule has 1 heterocycles. The Morgan fingerprint density at radius 2 is 2.00 bits per heavy atom. The van der Waals surface area contributed by atoms with Gasteiger partial charge in [0.15, 0.2) is 0 Å². The summed E-state index contributed by atoms with van der Waals surface area (Å²) >= 11 is 0. The molecule has 1 saturated carbocycles. The normalized spacial score (nSPS) is 26.5. The van der Waals surface area contributed by atoms with Gasteiger partial charge in [-0.15, -0.1) is 0 Å². The summed E-state index contributed by atoms with van der Waals surface area (Å²) in [6.07, 6.45) is 6.27. The summed E-state index contributed by atoms with van der Waals surface area (Å²) in [6, 6.07) is 2.55. The number of fused-ring (bicyclic) bond motifs is 1. The number of nitrogens with two attached hydrogens (primary N) is 1. The maximum absolute atomic E-state index is 6.45. The van der Waals surface area contributed by atoms with E-state index in [0.29, 0.717) is 11.0 Å². The smallest absolute Gasteiger partial charge is 0.0409 e. The predicted octanol–water partition coefficient (Wildman–Crippen LogP) is 3.25. The maximum Gasteiger partial charge on any atom is 0.0409 e. The standard InChI is InChI=1S/C18H31N3/c1-13-9-14-15(19)10-17(2,3)11-16(14)21(13)12-18(20(4)5)7-6-8-18/h9,15H,6-8,10-12,19H2,1-5H3. The van der Waals surface area contributed by atoms with E-state index in [2.05, 4.69) is 50.4 Å². The lowest BCUT2D eigenvalue weighted by atomic mass is 9.73. The van der Waals surface area contributed by atoms with E-state index < -0.39 is 0 Å². The van der Waals surface area contributed by atoms with E-state index in [1.807, 2.05) is 0 Å². The van der Waals surface area contributed by atoms with Gasteiger partial charge in [-0.2, -0.15) is 0 Å². The first-order valence-electron chi connectivity index (χ1n) is 8.36. The van der Waals surface area contributed by atoms with Crippen LogP contribution >= 0.6 is 0 Å². The Labute approximate surface area is 129 Å². The first kappa shape index (κ1) is 15.1. The lowest BCUT2D eigenvalue weighted by Gasteiger charge is -2.48. The van der Waals surface area contributed by atoms with E-state index in [0.717, 1.165) is 19.4 Å². The van der Waals surface area contributed by atoms with Crippen LogP contribution in [0, 0.1) is 12.3 Å². The van der Waals surface area contributed by atoms with E-state index in [-0.39, 0.29) is 6.04 Å². The van der Waals surface area contributed by atoms with E-state index in [1.165, 1.54) is 36.2 Å². The molecule has 2 aliphatic carbocycles. The molecule has 1 aromatic rings. The van der Waals surface area contributed by atoms with Crippen molar-refractivity contribution in [1.29, 1.82) is 0 Å². The molecule has 0 spiro atoms. The van der Waals surface area contributed by atoms with E-state index in [4.69, 9.17) is 5.73 Å². The number of rotatable bonds is 3. The number of aryl methyl sites for hydroxylation is 1. The highest BCUT2D eigenvalue weighted by Crippen LogP contribution is 2.43. The second-order valence-corrected chi connectivity index (χ2v) is 8.40. The molecule has 3 nitrogen and oxygen atoms in total. The van der Waals surface area contributed by atoms with Crippen LogP contribution in [0.3, 0.4) is 0 Å². The molecule has 118 valence electrons. The van der Waals surface area contributed by atoms with Gasteiger partial charge in [0, 0.05) is 29.5 Å². The van der Waals surface area contributed by atoms with Crippen LogP contribution in [0.25, 0.3) is 0 Å². The van der Waals surface area contributed by atoms with Crippen LogP contribution in [0.1, 0.15) is 62.5 Å². The Kier molecular flexibility index (Phi) is 3.49. The van der Waals surface area contributed by atoms with Gasteiger partial charge in [0.05, 0.1) is 0 Å². The van der Waals surface area contributed by atoms with Crippen LogP contribution in [0.5, 0.6) is 0 Å². The molecule has 0 bridgehead atoms. The van der Waals surface area contributed by atoms with Gasteiger partial charge in [-0.25, -0.2) is 0 Å². The number of likely N-dealkylation sites (N-methyl/N-ethyl adjacent to an activating group) is 1. The van der Waals surface area contributed by atoms with Crippen molar-refractivity contribution < 1.29 is 0 Å². The topological polar surface area (TPSA) is 34.2 Å². The van der Waals surface area contributed by atoms with Gasteiger partial charge in [0.1, 0.15) is 0 Å². The second kappa shape index (κ2) is 4.85. The minimum atomic E-state index is 0.209. The fourth-order valence-corrected chi connectivity index (χ4v) is 4.35. The minimum absolute atomic E-state index is 0.209. The van der Waals surface area contributed by atoms with Crippen molar-refractivity contribution in [3.8, 4) is 0 Å². The first-order chi connectivity index (χ1) is 9.74. The van der Waals surface area contributed by atoms with Crippen LogP contribution in [-0.4, -0.2) is 29.1 Å². The molecule has 2 aliphatic rings. The van der Waals surface area contributed by atoms with E-state index in [1.54, 1.807) is 0 Å². The molecule has 1 atom stereocenters. The minimum Gasteiger partial charge on any atom is -0.347 e. The van der Waals surface area contributed by atoms with E-state index >= 15 is 0 Å². The zero-order valence-electron chi connectivity index (χ0n) is 14.4. The van der Waals surface area contributed by atoms with Crippen molar-refractivity contribution >= 4 is 0 Å². The number of nitrogens with zero attached hydrogens (tertiary/aromatic N) is 2. The number of hydrogen-bond acceptors (Lipinski definition) is 2. The van der Waals surface area contributed by atoms with Gasteiger partial charge >= 0.3 is 0 Å². The van der Waals surface area contributed by atoms with Crippen LogP contribution in [0.2, 0.25) is 0 Å². The summed E-state index contributed by atoms with van der Waals surface area (Å²) in [5.41, 5.74) is 11.4. The molecular weight excluding hydrogens is 258 g/mol. The zero-order chi connectivity index (χ0) is 15.4. The van der Waals surface area contributed by atoms with Gasteiger partial charge in [-0.1, -0.05) is 13.8 Å². The average molecular weight is 289 g/mol. The molecule has 2 N–H and O–H groups in total. The fourth-order valence-electron chi connectivity index (χ4n) is 4.35. The first-order valence-corrected chi connectivity index (χ1v) is 8.36. The molecule has 1 aromatic heterocycles. The lowest BCUT2D eigenvalue weighted by Crippen LogP contribution is -2.53. The van der Waals surface area contributed by atoms with Gasteiger partial charge < -0.3 is 15.2 Å². The van der Waals surface area contributed by atoms with Crippen molar-refractivity contribution in [2.24, 2.45) is 11.1 Å². The monoisotopic (exact) mass is 289 g/mol. The summed E-state index contributed by atoms with van der Waals surface area (Å²) in [4.78, 5) is 2.44. The molecule has 0 aromatic carbocycles. The highest BCUT2D eigenvalue weighted by molar-refractivity contribution is 5.34. The van der Waals surface area contributed by atoms with Gasteiger partial charge in [0.2, 0.25) is 0 Å². The molecule has 1 unspecified atom stereocenters. The van der Waals surface area contributed by atoms with Gasteiger partial charge in [0.25, 0.3) is 0 Å². The maximum atomic E-state index is 6.45. The summed E-state index contributed by atoms with van der Waals surface area (Å²) in [5, 5.41) is 0. The Balaban J connectivity index is 1.97. The zero-order valence-corrected chi connectivity index (χ0v) is 14.4. The molecule has 21 heavy (non-hydrogen) atoms. The summed E-state index contributed by atoms with van der Waals surface area (Å²) < 4.78 is 2.58. The third-order valence-corrected chi connectivity index (χ3v) is 5.95. The van der Waals surface area contributed by atoms with Crippen molar-refractivity contribution in [3.05, 3.63) is 23.0 Å². The molecule has 0 aliphatic heterocycles.